The average Bonchev–Trinajstić information content (AvgIpc) is 4.17. The van der Waals surface area contributed by atoms with Gasteiger partial charge >= 0.3 is 0 Å². The second kappa shape index (κ2) is 15.7. The number of hydrogen-bond acceptors (Lipinski definition) is 4. The van der Waals surface area contributed by atoms with E-state index in [0.29, 0.717) is 22.5 Å². The summed E-state index contributed by atoms with van der Waals surface area (Å²) in [4.78, 5) is 0. The van der Waals surface area contributed by atoms with Crippen LogP contribution >= 0.6 is 0 Å². The summed E-state index contributed by atoms with van der Waals surface area (Å²) >= 11 is 0. The van der Waals surface area contributed by atoms with Gasteiger partial charge in [0.05, 0.1) is 45.1 Å². The average molecular weight is 909 g/mol. The minimum absolute atomic E-state index is 0.00771. The van der Waals surface area contributed by atoms with Crippen LogP contribution in [0.4, 0.5) is 0 Å². The molecule has 0 fully saturated rings. The first-order valence-electron chi connectivity index (χ1n) is 24.0. The monoisotopic (exact) mass is 908 g/mol. The highest BCUT2D eigenvalue weighted by Gasteiger charge is 2.32. The van der Waals surface area contributed by atoms with Crippen LogP contribution in [0.25, 0.3) is 117 Å². The molecule has 71 heavy (non-hydrogen) atoms. The maximum absolute atomic E-state index is 11.6. The predicted molar refractivity (Wildman–Crippen MR) is 290 cm³/mol. The van der Waals surface area contributed by atoms with Crippen LogP contribution in [0.1, 0.15) is 46.4 Å². The molecule has 2 aliphatic rings. The third kappa shape index (κ3) is 6.12. The number of para-hydroxylation sites is 1. The molecule has 2 atom stereocenters. The maximum atomic E-state index is 11.6. The SMILES string of the molecule is C/C=C\c1c(/C=C/c2ccc3c(c2)c2c4ccccc4ccc2n3-c2cc(C#N)cc(-n3c4ccc(-c5ccc6c(c5)OC5C=CC=CC65)cc4c4c5ccccc5ccc43)c2C#N)oc2ccccc12. The zero-order valence-electron chi connectivity index (χ0n) is 38.5. The third-order valence-electron chi connectivity index (χ3n) is 14.6. The smallest absolute Gasteiger partial charge is 0.135 e. The Balaban J connectivity index is 0.987. The van der Waals surface area contributed by atoms with Crippen molar-refractivity contribution in [3.63, 3.8) is 0 Å². The molecular formula is C65H40N4O2. The Morgan fingerprint density at radius 1 is 0.535 bits per heavy atom. The van der Waals surface area contributed by atoms with Gasteiger partial charge in [-0.2, -0.15) is 10.5 Å². The van der Waals surface area contributed by atoms with Gasteiger partial charge in [0.2, 0.25) is 0 Å². The van der Waals surface area contributed by atoms with Gasteiger partial charge in [0, 0.05) is 44.0 Å². The summed E-state index contributed by atoms with van der Waals surface area (Å²) in [5.41, 5.74) is 12.1. The van der Waals surface area contributed by atoms with E-state index in [1.807, 2.05) is 49.4 Å². The summed E-state index contributed by atoms with van der Waals surface area (Å²) in [6.07, 6.45) is 16.8. The summed E-state index contributed by atoms with van der Waals surface area (Å²) in [6.45, 7) is 2.02. The van der Waals surface area contributed by atoms with Crippen molar-refractivity contribution >= 4 is 94.4 Å². The van der Waals surface area contributed by atoms with Crippen LogP contribution in [-0.2, 0) is 0 Å². The molecule has 9 aromatic carbocycles. The van der Waals surface area contributed by atoms with Gasteiger partial charge in [0.15, 0.2) is 0 Å². The third-order valence-corrected chi connectivity index (χ3v) is 14.6. The van der Waals surface area contributed by atoms with Crippen molar-refractivity contribution in [2.45, 2.75) is 18.9 Å². The highest BCUT2D eigenvalue weighted by molar-refractivity contribution is 6.23. The molecule has 0 spiro atoms. The van der Waals surface area contributed by atoms with Crippen molar-refractivity contribution in [2.24, 2.45) is 0 Å². The fourth-order valence-electron chi connectivity index (χ4n) is 11.5. The molecule has 0 amide bonds. The molecule has 12 aromatic rings. The number of ether oxygens (including phenoxy) is 1. The topological polar surface area (TPSA) is 79.8 Å². The van der Waals surface area contributed by atoms with E-state index in [-0.39, 0.29) is 12.0 Å². The number of fused-ring (bicyclic) bond motifs is 14. The van der Waals surface area contributed by atoms with Crippen molar-refractivity contribution < 1.29 is 9.15 Å². The molecule has 6 heteroatoms. The molecule has 0 radical (unpaired) electrons. The summed E-state index contributed by atoms with van der Waals surface area (Å²) in [5, 5.41) is 32.2. The number of nitriles is 2. The Kier molecular flexibility index (Phi) is 8.95. The van der Waals surface area contributed by atoms with Crippen molar-refractivity contribution in [3.8, 4) is 40.4 Å². The lowest BCUT2D eigenvalue weighted by atomic mass is 9.91. The van der Waals surface area contributed by atoms with Gasteiger partial charge in [-0.05, 0) is 118 Å². The molecule has 6 nitrogen and oxygen atoms in total. The first-order chi connectivity index (χ1) is 35.1. The summed E-state index contributed by atoms with van der Waals surface area (Å²) in [6, 6.07) is 62.1. The maximum Gasteiger partial charge on any atom is 0.135 e. The fraction of sp³-hybridized carbons (Fsp3) is 0.0462. The zero-order chi connectivity index (χ0) is 47.3. The molecule has 1 aliphatic heterocycles. The Morgan fingerprint density at radius 3 is 1.86 bits per heavy atom. The van der Waals surface area contributed by atoms with E-state index in [9.17, 15) is 10.5 Å². The second-order valence-corrected chi connectivity index (χ2v) is 18.5. The van der Waals surface area contributed by atoms with Gasteiger partial charge in [0.25, 0.3) is 0 Å². The largest absolute Gasteiger partial charge is 0.485 e. The van der Waals surface area contributed by atoms with Gasteiger partial charge in [-0.25, -0.2) is 0 Å². The molecule has 0 bridgehead atoms. The van der Waals surface area contributed by atoms with E-state index >= 15 is 0 Å². The minimum atomic E-state index is 0.00771. The van der Waals surface area contributed by atoms with E-state index < -0.39 is 0 Å². The Bertz CT molecular complexity index is 4500. The Hall–Kier alpha value is -9.62. The number of rotatable bonds is 6. The molecule has 3 aromatic heterocycles. The van der Waals surface area contributed by atoms with Gasteiger partial charge in [-0.1, -0.05) is 140 Å². The highest BCUT2D eigenvalue weighted by Crippen LogP contribution is 2.46. The number of benzene rings is 9. The normalized spacial score (nSPS) is 15.3. The standard InChI is InChI=1S/C65H40N4O2/c1-2-11-47-48-16-7-9-18-60(48)70-62(47)31-21-39-20-27-54-51(32-39)64-45-14-5-3-12-41(45)23-29-56(64)68(54)58-33-40(37-66)34-59(53(58)38-67)69-55-28-25-43(35-52(55)65-46-15-6-4-13-42(46)24-30-57(65)69)44-22-26-50-49-17-8-10-19-61(49)71-63(50)36-44/h2-36,49,61H,1H3/b11-2-,31-21+. The minimum Gasteiger partial charge on any atom is -0.485 e. The van der Waals surface area contributed by atoms with Crippen LogP contribution in [0.15, 0.2) is 199 Å². The Morgan fingerprint density at radius 2 is 1.15 bits per heavy atom. The quantitative estimate of drug-likeness (QED) is 0.166. The van der Waals surface area contributed by atoms with E-state index in [1.165, 1.54) is 5.56 Å². The zero-order valence-corrected chi connectivity index (χ0v) is 38.5. The van der Waals surface area contributed by atoms with Crippen LogP contribution in [0.2, 0.25) is 0 Å². The molecule has 2 unspecified atom stereocenters. The van der Waals surface area contributed by atoms with Gasteiger partial charge < -0.3 is 18.3 Å². The van der Waals surface area contributed by atoms with Gasteiger partial charge in [-0.15, -0.1) is 0 Å². The number of nitrogens with zero attached hydrogens (tertiary/aromatic N) is 4. The highest BCUT2D eigenvalue weighted by atomic mass is 16.5. The lowest BCUT2D eigenvalue weighted by Gasteiger charge is -2.17. The van der Waals surface area contributed by atoms with Crippen molar-refractivity contribution in [1.82, 2.24) is 9.13 Å². The van der Waals surface area contributed by atoms with E-state index in [4.69, 9.17) is 9.15 Å². The van der Waals surface area contributed by atoms with Crippen LogP contribution < -0.4 is 4.74 Å². The summed E-state index contributed by atoms with van der Waals surface area (Å²) in [7, 11) is 0. The fourth-order valence-corrected chi connectivity index (χ4v) is 11.5. The number of aromatic nitrogens is 2. The summed E-state index contributed by atoms with van der Waals surface area (Å²) in [5.74, 6) is 1.91. The first kappa shape index (κ1) is 40.4. The molecule has 0 saturated carbocycles. The van der Waals surface area contributed by atoms with Gasteiger partial charge in [0.1, 0.15) is 34.8 Å². The Labute approximate surface area is 408 Å². The van der Waals surface area contributed by atoms with Crippen LogP contribution in [0.3, 0.4) is 0 Å². The molecule has 1 aliphatic carbocycles. The first-order valence-corrected chi connectivity index (χ1v) is 24.0. The predicted octanol–water partition coefficient (Wildman–Crippen LogP) is 16.5. The molecule has 0 N–H and O–H groups in total. The van der Waals surface area contributed by atoms with Crippen LogP contribution in [0.5, 0.6) is 5.75 Å². The van der Waals surface area contributed by atoms with Crippen LogP contribution in [-0.4, -0.2) is 15.2 Å². The number of hydrogen-bond donors (Lipinski definition) is 0. The van der Waals surface area contributed by atoms with Crippen LogP contribution in [0, 0.1) is 22.7 Å². The van der Waals surface area contributed by atoms with Gasteiger partial charge in [-0.3, -0.25) is 0 Å². The van der Waals surface area contributed by atoms with E-state index in [2.05, 4.69) is 191 Å². The second-order valence-electron chi connectivity index (χ2n) is 18.5. The lowest BCUT2D eigenvalue weighted by Crippen LogP contribution is -2.15. The van der Waals surface area contributed by atoms with E-state index in [0.717, 1.165) is 110 Å². The lowest BCUT2D eigenvalue weighted by molar-refractivity contribution is 0.269. The van der Waals surface area contributed by atoms with Crippen molar-refractivity contribution in [1.29, 1.82) is 10.5 Å². The molecule has 332 valence electrons. The molecule has 14 rings (SSSR count). The van der Waals surface area contributed by atoms with E-state index in [1.54, 1.807) is 0 Å². The number of allylic oxidation sites excluding steroid dienone is 3. The summed E-state index contributed by atoms with van der Waals surface area (Å²) < 4.78 is 17.2. The molecular weight excluding hydrogens is 869 g/mol. The number of furan rings is 1. The molecule has 0 saturated heterocycles. The van der Waals surface area contributed by atoms with Crippen molar-refractivity contribution in [2.75, 3.05) is 0 Å². The van der Waals surface area contributed by atoms with Crippen molar-refractivity contribution in [3.05, 3.63) is 228 Å². The molecule has 4 heterocycles.